The van der Waals surface area contributed by atoms with Crippen molar-refractivity contribution in [3.8, 4) is 5.75 Å². The number of anilines is 1. The van der Waals surface area contributed by atoms with Crippen LogP contribution >= 0.6 is 0 Å². The first-order valence-electron chi connectivity index (χ1n) is 9.94. The number of aryl methyl sites for hydroxylation is 1. The minimum atomic E-state index is -0.156. The SMILES string of the molecule is COc1ccc(NC(=O)CN(C)CC(=O)N(C)C2CCCc3ccccc32)cc1. The summed E-state index contributed by atoms with van der Waals surface area (Å²) in [6.07, 6.45) is 3.13. The number of fused-ring (bicyclic) bond motifs is 1. The van der Waals surface area contributed by atoms with E-state index in [2.05, 4.69) is 23.5 Å². The second-order valence-electron chi connectivity index (χ2n) is 7.56. The Morgan fingerprint density at radius 2 is 1.79 bits per heavy atom. The number of nitrogens with zero attached hydrogens (tertiary/aromatic N) is 2. The van der Waals surface area contributed by atoms with Crippen molar-refractivity contribution < 1.29 is 14.3 Å². The summed E-state index contributed by atoms with van der Waals surface area (Å²) in [5, 5.41) is 2.84. The second-order valence-corrected chi connectivity index (χ2v) is 7.56. The predicted octanol–water partition coefficient (Wildman–Crippen LogP) is 3.10. The van der Waals surface area contributed by atoms with E-state index in [-0.39, 0.29) is 30.9 Å². The van der Waals surface area contributed by atoms with Crippen LogP contribution in [0.3, 0.4) is 0 Å². The van der Waals surface area contributed by atoms with Crippen LogP contribution in [0, 0.1) is 0 Å². The number of ether oxygens (including phenoxy) is 1. The van der Waals surface area contributed by atoms with Crippen LogP contribution in [-0.2, 0) is 16.0 Å². The Morgan fingerprint density at radius 3 is 2.52 bits per heavy atom. The van der Waals surface area contributed by atoms with Crippen LogP contribution in [0.4, 0.5) is 5.69 Å². The number of carbonyl (C=O) groups is 2. The second kappa shape index (κ2) is 9.56. The largest absolute Gasteiger partial charge is 0.497 e. The summed E-state index contributed by atoms with van der Waals surface area (Å²) >= 11 is 0. The van der Waals surface area contributed by atoms with Crippen LogP contribution in [0.5, 0.6) is 5.75 Å². The van der Waals surface area contributed by atoms with E-state index in [9.17, 15) is 9.59 Å². The Labute approximate surface area is 172 Å². The van der Waals surface area contributed by atoms with Crippen LogP contribution in [0.15, 0.2) is 48.5 Å². The van der Waals surface area contributed by atoms with Gasteiger partial charge in [-0.25, -0.2) is 0 Å². The molecule has 2 amide bonds. The zero-order chi connectivity index (χ0) is 20.8. The molecule has 154 valence electrons. The molecule has 6 nitrogen and oxygen atoms in total. The molecule has 2 aromatic rings. The lowest BCUT2D eigenvalue weighted by Crippen LogP contribution is -2.41. The molecule has 3 rings (SSSR count). The molecule has 0 fully saturated rings. The van der Waals surface area contributed by atoms with Crippen LogP contribution in [0.1, 0.15) is 30.0 Å². The van der Waals surface area contributed by atoms with Gasteiger partial charge in [-0.05, 0) is 61.7 Å². The third-order valence-electron chi connectivity index (χ3n) is 5.39. The predicted molar refractivity (Wildman–Crippen MR) is 114 cm³/mol. The van der Waals surface area contributed by atoms with E-state index in [4.69, 9.17) is 4.74 Å². The van der Waals surface area contributed by atoms with Gasteiger partial charge in [-0.3, -0.25) is 14.5 Å². The van der Waals surface area contributed by atoms with Crippen LogP contribution < -0.4 is 10.1 Å². The summed E-state index contributed by atoms with van der Waals surface area (Å²) in [7, 11) is 5.25. The van der Waals surface area contributed by atoms with Crippen molar-refractivity contribution in [3.05, 3.63) is 59.7 Å². The molecule has 1 unspecified atom stereocenters. The van der Waals surface area contributed by atoms with E-state index in [0.29, 0.717) is 5.69 Å². The number of benzene rings is 2. The van der Waals surface area contributed by atoms with Gasteiger partial charge in [-0.2, -0.15) is 0 Å². The molecule has 0 saturated heterocycles. The van der Waals surface area contributed by atoms with Gasteiger partial charge in [0, 0.05) is 12.7 Å². The van der Waals surface area contributed by atoms with E-state index >= 15 is 0 Å². The fourth-order valence-electron chi connectivity index (χ4n) is 3.82. The van der Waals surface area contributed by atoms with Crippen molar-refractivity contribution in [3.63, 3.8) is 0 Å². The van der Waals surface area contributed by atoms with E-state index < -0.39 is 0 Å². The summed E-state index contributed by atoms with van der Waals surface area (Å²) in [4.78, 5) is 28.7. The molecule has 0 radical (unpaired) electrons. The fourth-order valence-corrected chi connectivity index (χ4v) is 3.82. The standard InChI is InChI=1S/C23H29N3O3/c1-25(15-22(27)24-18-11-13-19(29-3)14-12-18)16-23(28)26(2)21-10-6-8-17-7-4-5-9-20(17)21/h4-5,7,9,11-14,21H,6,8,10,15-16H2,1-3H3,(H,24,27). The molecule has 29 heavy (non-hydrogen) atoms. The Morgan fingerprint density at radius 1 is 1.07 bits per heavy atom. The first kappa shape index (κ1) is 20.9. The molecule has 2 aromatic carbocycles. The lowest BCUT2D eigenvalue weighted by Gasteiger charge is -2.34. The van der Waals surface area contributed by atoms with E-state index in [1.807, 2.05) is 18.0 Å². The quantitative estimate of drug-likeness (QED) is 0.783. The van der Waals surface area contributed by atoms with Gasteiger partial charge < -0.3 is 15.0 Å². The Kier molecular flexibility index (Phi) is 6.88. The number of carbonyl (C=O) groups excluding carboxylic acids is 2. The summed E-state index contributed by atoms with van der Waals surface area (Å²) in [5.74, 6) is 0.598. The minimum absolute atomic E-state index is 0.0199. The Bertz CT molecular complexity index is 851. The molecule has 1 atom stereocenters. The van der Waals surface area contributed by atoms with E-state index in [1.165, 1.54) is 11.1 Å². The number of likely N-dealkylation sites (N-methyl/N-ethyl adjacent to an activating group) is 2. The number of amides is 2. The first-order valence-corrected chi connectivity index (χ1v) is 9.94. The van der Waals surface area contributed by atoms with Gasteiger partial charge >= 0.3 is 0 Å². The van der Waals surface area contributed by atoms with Crippen molar-refractivity contribution >= 4 is 17.5 Å². The summed E-state index contributed by atoms with van der Waals surface area (Å²) in [5.41, 5.74) is 3.27. The van der Waals surface area contributed by atoms with Crippen molar-refractivity contribution in [1.82, 2.24) is 9.80 Å². The smallest absolute Gasteiger partial charge is 0.238 e. The van der Waals surface area contributed by atoms with Crippen LogP contribution in [0.25, 0.3) is 0 Å². The highest BCUT2D eigenvalue weighted by Crippen LogP contribution is 2.33. The van der Waals surface area contributed by atoms with Gasteiger partial charge in [-0.15, -0.1) is 0 Å². The Balaban J connectivity index is 1.52. The minimum Gasteiger partial charge on any atom is -0.497 e. The Hall–Kier alpha value is -2.86. The van der Waals surface area contributed by atoms with Gasteiger partial charge in [0.15, 0.2) is 0 Å². The molecule has 0 bridgehead atoms. The molecule has 6 heteroatoms. The maximum Gasteiger partial charge on any atom is 0.238 e. The molecule has 1 N–H and O–H groups in total. The number of rotatable bonds is 7. The molecular weight excluding hydrogens is 366 g/mol. The fraction of sp³-hybridized carbons (Fsp3) is 0.391. The van der Waals surface area contributed by atoms with Gasteiger partial charge in [-0.1, -0.05) is 24.3 Å². The van der Waals surface area contributed by atoms with Gasteiger partial charge in [0.1, 0.15) is 5.75 Å². The van der Waals surface area contributed by atoms with Crippen molar-refractivity contribution in [2.75, 3.05) is 39.6 Å². The average Bonchev–Trinajstić information content (AvgIpc) is 2.73. The molecule has 1 aliphatic rings. The molecule has 0 spiro atoms. The summed E-state index contributed by atoms with van der Waals surface area (Å²) in [6.45, 7) is 0.345. The summed E-state index contributed by atoms with van der Waals surface area (Å²) < 4.78 is 5.11. The van der Waals surface area contributed by atoms with Crippen molar-refractivity contribution in [1.29, 1.82) is 0 Å². The van der Waals surface area contributed by atoms with Crippen molar-refractivity contribution in [2.45, 2.75) is 25.3 Å². The monoisotopic (exact) mass is 395 g/mol. The number of nitrogens with one attached hydrogen (secondary N) is 1. The van der Waals surface area contributed by atoms with Crippen molar-refractivity contribution in [2.24, 2.45) is 0 Å². The highest BCUT2D eigenvalue weighted by atomic mass is 16.5. The molecule has 1 aliphatic carbocycles. The zero-order valence-electron chi connectivity index (χ0n) is 17.4. The highest BCUT2D eigenvalue weighted by Gasteiger charge is 2.27. The van der Waals surface area contributed by atoms with Gasteiger partial charge in [0.05, 0.1) is 26.2 Å². The summed E-state index contributed by atoms with van der Waals surface area (Å²) in [6, 6.07) is 15.6. The van der Waals surface area contributed by atoms with Crippen LogP contribution in [-0.4, -0.2) is 55.9 Å². The normalized spacial score (nSPS) is 15.5. The van der Waals surface area contributed by atoms with E-state index in [0.717, 1.165) is 25.0 Å². The maximum absolute atomic E-state index is 12.8. The third kappa shape index (κ3) is 5.35. The topological polar surface area (TPSA) is 61.9 Å². The highest BCUT2D eigenvalue weighted by molar-refractivity contribution is 5.92. The lowest BCUT2D eigenvalue weighted by atomic mass is 9.87. The van der Waals surface area contributed by atoms with Gasteiger partial charge in [0.25, 0.3) is 0 Å². The number of hydrogen-bond donors (Lipinski definition) is 1. The molecular formula is C23H29N3O3. The maximum atomic E-state index is 12.8. The molecule has 0 heterocycles. The van der Waals surface area contributed by atoms with Gasteiger partial charge in [0.2, 0.25) is 11.8 Å². The first-order chi connectivity index (χ1) is 14.0. The molecule has 0 aromatic heterocycles. The number of hydrogen-bond acceptors (Lipinski definition) is 4. The molecule has 0 aliphatic heterocycles. The third-order valence-corrected chi connectivity index (χ3v) is 5.39. The zero-order valence-corrected chi connectivity index (χ0v) is 17.4. The van der Waals surface area contributed by atoms with Crippen LogP contribution in [0.2, 0.25) is 0 Å². The average molecular weight is 396 g/mol. The lowest BCUT2D eigenvalue weighted by molar-refractivity contribution is -0.133. The number of methoxy groups -OCH3 is 1. The van der Waals surface area contributed by atoms with E-state index in [1.54, 1.807) is 43.3 Å². The molecule has 0 saturated carbocycles.